The highest BCUT2D eigenvalue weighted by molar-refractivity contribution is 4.51. The molecule has 0 aliphatic heterocycles. The van der Waals surface area contributed by atoms with Gasteiger partial charge in [-0.05, 0) is 38.9 Å². The number of hydrogen-bond acceptors (Lipinski definition) is 3. The van der Waals surface area contributed by atoms with E-state index in [0.717, 1.165) is 19.6 Å². The lowest BCUT2D eigenvalue weighted by molar-refractivity contribution is 0.565. The van der Waals surface area contributed by atoms with Crippen LogP contribution in [0.1, 0.15) is 39.0 Å². The van der Waals surface area contributed by atoms with Crippen molar-refractivity contribution < 1.29 is 0 Å². The molecule has 0 unspecified atom stereocenters. The second-order valence-corrected chi connectivity index (χ2v) is 3.70. The normalized spacial score (nSPS) is 10.7. The number of hydrogen-bond donors (Lipinski definition) is 3. The van der Waals surface area contributed by atoms with Crippen molar-refractivity contribution in [2.45, 2.75) is 39.0 Å². The molecule has 0 bridgehead atoms. The van der Waals surface area contributed by atoms with Gasteiger partial charge in [-0.15, -0.1) is 0 Å². The standard InChI is InChI=1S/C11H27N3/c1-2-3-8-13-9-5-4-6-10-14-11-7-12/h13-14H,2-12H2,1H3. The van der Waals surface area contributed by atoms with Crippen molar-refractivity contribution in [2.24, 2.45) is 5.73 Å². The summed E-state index contributed by atoms with van der Waals surface area (Å²) in [4.78, 5) is 0. The average molecular weight is 201 g/mol. The van der Waals surface area contributed by atoms with E-state index in [2.05, 4.69) is 17.6 Å². The van der Waals surface area contributed by atoms with E-state index in [1.54, 1.807) is 0 Å². The molecular formula is C11H27N3. The van der Waals surface area contributed by atoms with Crippen LogP contribution in [0.2, 0.25) is 0 Å². The molecule has 0 aromatic heterocycles. The number of rotatable bonds is 11. The Morgan fingerprint density at radius 1 is 0.786 bits per heavy atom. The highest BCUT2D eigenvalue weighted by atomic mass is 14.9. The first-order valence-electron chi connectivity index (χ1n) is 6.03. The third-order valence-electron chi connectivity index (χ3n) is 2.24. The van der Waals surface area contributed by atoms with Crippen LogP contribution >= 0.6 is 0 Å². The molecule has 0 saturated carbocycles. The Morgan fingerprint density at radius 2 is 1.36 bits per heavy atom. The van der Waals surface area contributed by atoms with Crippen molar-refractivity contribution in [3.05, 3.63) is 0 Å². The zero-order valence-corrected chi connectivity index (χ0v) is 9.65. The first-order chi connectivity index (χ1) is 6.91. The maximum atomic E-state index is 5.36. The first kappa shape index (κ1) is 13.9. The van der Waals surface area contributed by atoms with Crippen LogP contribution in [0, 0.1) is 0 Å². The Hall–Kier alpha value is -0.120. The van der Waals surface area contributed by atoms with E-state index in [0.29, 0.717) is 0 Å². The molecule has 0 rings (SSSR count). The van der Waals surface area contributed by atoms with E-state index in [1.165, 1.54) is 45.2 Å². The fourth-order valence-corrected chi connectivity index (χ4v) is 1.33. The molecule has 0 fully saturated rings. The zero-order valence-electron chi connectivity index (χ0n) is 9.65. The molecular weight excluding hydrogens is 174 g/mol. The van der Waals surface area contributed by atoms with Gasteiger partial charge in [0.05, 0.1) is 0 Å². The van der Waals surface area contributed by atoms with Crippen LogP contribution in [-0.4, -0.2) is 32.7 Å². The molecule has 0 radical (unpaired) electrons. The highest BCUT2D eigenvalue weighted by Crippen LogP contribution is 1.92. The van der Waals surface area contributed by atoms with E-state index in [1.807, 2.05) is 0 Å². The third-order valence-corrected chi connectivity index (χ3v) is 2.24. The summed E-state index contributed by atoms with van der Waals surface area (Å²) in [6.07, 6.45) is 6.48. The van der Waals surface area contributed by atoms with Gasteiger partial charge in [0.2, 0.25) is 0 Å². The molecule has 3 nitrogen and oxygen atoms in total. The van der Waals surface area contributed by atoms with Crippen molar-refractivity contribution in [3.63, 3.8) is 0 Å². The Morgan fingerprint density at radius 3 is 1.93 bits per heavy atom. The van der Waals surface area contributed by atoms with Crippen LogP contribution in [0.5, 0.6) is 0 Å². The zero-order chi connectivity index (χ0) is 10.5. The number of nitrogens with one attached hydrogen (secondary N) is 2. The van der Waals surface area contributed by atoms with Crippen LogP contribution in [0.4, 0.5) is 0 Å². The van der Waals surface area contributed by atoms with E-state index in [9.17, 15) is 0 Å². The Balaban J connectivity index is 2.78. The largest absolute Gasteiger partial charge is 0.329 e. The minimum absolute atomic E-state index is 0.749. The monoisotopic (exact) mass is 201 g/mol. The predicted molar refractivity (Wildman–Crippen MR) is 63.6 cm³/mol. The molecule has 0 saturated heterocycles. The molecule has 0 spiro atoms. The summed E-state index contributed by atoms with van der Waals surface area (Å²) in [5, 5.41) is 6.75. The van der Waals surface area contributed by atoms with E-state index < -0.39 is 0 Å². The smallest absolute Gasteiger partial charge is 0.00745 e. The highest BCUT2D eigenvalue weighted by Gasteiger charge is 1.89. The summed E-state index contributed by atoms with van der Waals surface area (Å²) in [5.74, 6) is 0. The third kappa shape index (κ3) is 11.9. The van der Waals surface area contributed by atoms with Crippen LogP contribution in [-0.2, 0) is 0 Å². The lowest BCUT2D eigenvalue weighted by Crippen LogP contribution is -2.23. The molecule has 0 aromatic rings. The summed E-state index contributed by atoms with van der Waals surface area (Å²) >= 11 is 0. The fourth-order valence-electron chi connectivity index (χ4n) is 1.33. The summed E-state index contributed by atoms with van der Waals surface area (Å²) < 4.78 is 0. The minimum atomic E-state index is 0.749. The SMILES string of the molecule is CCCCNCCCCCNCCN. The summed E-state index contributed by atoms with van der Waals surface area (Å²) in [7, 11) is 0. The molecule has 4 N–H and O–H groups in total. The van der Waals surface area contributed by atoms with Gasteiger partial charge in [-0.3, -0.25) is 0 Å². The van der Waals surface area contributed by atoms with E-state index in [4.69, 9.17) is 5.73 Å². The second-order valence-electron chi connectivity index (χ2n) is 3.70. The fraction of sp³-hybridized carbons (Fsp3) is 1.00. The molecule has 0 heterocycles. The van der Waals surface area contributed by atoms with Crippen LogP contribution in [0.3, 0.4) is 0 Å². The van der Waals surface area contributed by atoms with Gasteiger partial charge in [0.1, 0.15) is 0 Å². The predicted octanol–water partition coefficient (Wildman–Crippen LogP) is 1.09. The van der Waals surface area contributed by atoms with E-state index >= 15 is 0 Å². The van der Waals surface area contributed by atoms with Gasteiger partial charge in [-0.1, -0.05) is 19.8 Å². The van der Waals surface area contributed by atoms with Gasteiger partial charge >= 0.3 is 0 Å². The van der Waals surface area contributed by atoms with Crippen LogP contribution in [0.25, 0.3) is 0 Å². The number of unbranched alkanes of at least 4 members (excludes halogenated alkanes) is 3. The molecule has 3 heteroatoms. The van der Waals surface area contributed by atoms with Crippen LogP contribution < -0.4 is 16.4 Å². The summed E-state index contributed by atoms with van der Waals surface area (Å²) in [5.41, 5.74) is 5.36. The van der Waals surface area contributed by atoms with Gasteiger partial charge in [0.25, 0.3) is 0 Å². The molecule has 14 heavy (non-hydrogen) atoms. The van der Waals surface area contributed by atoms with Crippen molar-refractivity contribution in [1.82, 2.24) is 10.6 Å². The first-order valence-corrected chi connectivity index (χ1v) is 6.03. The number of nitrogens with two attached hydrogens (primary N) is 1. The second kappa shape index (κ2) is 12.9. The van der Waals surface area contributed by atoms with Gasteiger partial charge in [-0.2, -0.15) is 0 Å². The van der Waals surface area contributed by atoms with E-state index in [-0.39, 0.29) is 0 Å². The van der Waals surface area contributed by atoms with Gasteiger partial charge in [0.15, 0.2) is 0 Å². The summed E-state index contributed by atoms with van der Waals surface area (Å²) in [6.45, 7) is 7.41. The lowest BCUT2D eigenvalue weighted by Gasteiger charge is -2.04. The molecule has 0 aliphatic carbocycles. The van der Waals surface area contributed by atoms with Crippen molar-refractivity contribution in [1.29, 1.82) is 0 Å². The van der Waals surface area contributed by atoms with Crippen molar-refractivity contribution >= 4 is 0 Å². The molecule has 0 amide bonds. The Labute approximate surface area is 88.8 Å². The maximum Gasteiger partial charge on any atom is 0.00745 e. The van der Waals surface area contributed by atoms with Crippen LogP contribution in [0.15, 0.2) is 0 Å². The van der Waals surface area contributed by atoms with Crippen molar-refractivity contribution in [3.8, 4) is 0 Å². The minimum Gasteiger partial charge on any atom is -0.329 e. The lowest BCUT2D eigenvalue weighted by atomic mass is 10.2. The maximum absolute atomic E-state index is 5.36. The molecule has 86 valence electrons. The van der Waals surface area contributed by atoms with Gasteiger partial charge < -0.3 is 16.4 Å². The summed E-state index contributed by atoms with van der Waals surface area (Å²) in [6, 6.07) is 0. The quantitative estimate of drug-likeness (QED) is 0.439. The molecule has 0 aromatic carbocycles. The topological polar surface area (TPSA) is 50.1 Å². The average Bonchev–Trinajstić information content (AvgIpc) is 2.21. The Bertz CT molecular complexity index is 84.5. The van der Waals surface area contributed by atoms with Gasteiger partial charge in [-0.25, -0.2) is 0 Å². The van der Waals surface area contributed by atoms with Gasteiger partial charge in [0, 0.05) is 13.1 Å². The molecule has 0 aliphatic rings. The Kier molecular flexibility index (Phi) is 12.8. The van der Waals surface area contributed by atoms with Crippen molar-refractivity contribution in [2.75, 3.05) is 32.7 Å². The molecule has 0 atom stereocenters.